The molecule has 2 fully saturated rings. The lowest BCUT2D eigenvalue weighted by molar-refractivity contribution is -0.140. The third kappa shape index (κ3) is 3.32. The van der Waals surface area contributed by atoms with E-state index in [-0.39, 0.29) is 5.91 Å². The minimum absolute atomic E-state index is 0.154. The third-order valence-electron chi connectivity index (χ3n) is 5.02. The molecule has 0 bridgehead atoms. The van der Waals surface area contributed by atoms with Crippen LogP contribution in [0.5, 0.6) is 0 Å². The Morgan fingerprint density at radius 2 is 2.14 bits per heavy atom. The van der Waals surface area contributed by atoms with Crippen LogP contribution >= 0.6 is 0 Å². The number of aromatic nitrogens is 2. The Kier molecular flexibility index (Phi) is 4.47. The van der Waals surface area contributed by atoms with Gasteiger partial charge in [0.25, 0.3) is 0 Å². The molecule has 2 aliphatic rings. The number of likely N-dealkylation sites (tertiary alicyclic amines) is 1. The largest absolute Gasteiger partial charge is 0.341 e. The van der Waals surface area contributed by atoms with Gasteiger partial charge in [0.05, 0.1) is 5.54 Å². The summed E-state index contributed by atoms with van der Waals surface area (Å²) in [5.74, 6) is 1.90. The minimum atomic E-state index is -0.622. The number of hydrogen-bond acceptors (Lipinski definition) is 5. The Morgan fingerprint density at radius 3 is 2.82 bits per heavy atom. The van der Waals surface area contributed by atoms with E-state index in [0.29, 0.717) is 11.8 Å². The summed E-state index contributed by atoms with van der Waals surface area (Å²) in [4.78, 5) is 19.1. The van der Waals surface area contributed by atoms with Gasteiger partial charge in [0.1, 0.15) is 0 Å². The fourth-order valence-electron chi connectivity index (χ4n) is 3.81. The highest BCUT2D eigenvalue weighted by atomic mass is 16.5. The summed E-state index contributed by atoms with van der Waals surface area (Å²) < 4.78 is 5.03. The molecule has 6 nitrogen and oxygen atoms in total. The number of piperidine rings is 1. The van der Waals surface area contributed by atoms with Crippen LogP contribution in [0, 0.1) is 12.8 Å². The Hall–Kier alpha value is -1.43. The van der Waals surface area contributed by atoms with Crippen molar-refractivity contribution in [3.8, 4) is 0 Å². The van der Waals surface area contributed by atoms with E-state index in [1.807, 2.05) is 4.90 Å². The summed E-state index contributed by atoms with van der Waals surface area (Å²) in [5, 5.41) is 3.97. The third-order valence-corrected chi connectivity index (χ3v) is 5.02. The van der Waals surface area contributed by atoms with Gasteiger partial charge in [-0.05, 0) is 31.6 Å². The van der Waals surface area contributed by atoms with Crippen LogP contribution in [0.4, 0.5) is 0 Å². The van der Waals surface area contributed by atoms with Gasteiger partial charge < -0.3 is 15.2 Å². The maximum Gasteiger partial charge on any atom is 0.242 e. The van der Waals surface area contributed by atoms with Gasteiger partial charge in [0.15, 0.2) is 5.82 Å². The maximum atomic E-state index is 12.8. The second kappa shape index (κ2) is 6.36. The van der Waals surface area contributed by atoms with E-state index < -0.39 is 5.54 Å². The first-order valence-electron chi connectivity index (χ1n) is 8.44. The van der Waals surface area contributed by atoms with E-state index in [9.17, 15) is 4.79 Å². The second-order valence-electron chi connectivity index (χ2n) is 6.91. The molecule has 1 amide bonds. The van der Waals surface area contributed by atoms with Gasteiger partial charge in [-0.2, -0.15) is 4.98 Å². The topological polar surface area (TPSA) is 85.2 Å². The van der Waals surface area contributed by atoms with Gasteiger partial charge >= 0.3 is 0 Å². The molecule has 0 radical (unpaired) electrons. The molecule has 1 saturated heterocycles. The van der Waals surface area contributed by atoms with Crippen molar-refractivity contribution in [2.24, 2.45) is 11.7 Å². The highest BCUT2D eigenvalue weighted by Crippen LogP contribution is 2.30. The summed E-state index contributed by atoms with van der Waals surface area (Å²) in [6, 6.07) is 0. The Morgan fingerprint density at radius 1 is 1.36 bits per heavy atom. The molecule has 3 rings (SSSR count). The maximum absolute atomic E-state index is 12.8. The van der Waals surface area contributed by atoms with Gasteiger partial charge in [0.2, 0.25) is 11.8 Å². The van der Waals surface area contributed by atoms with Gasteiger partial charge in [-0.25, -0.2) is 0 Å². The molecule has 2 N–H and O–H groups in total. The molecule has 6 heteroatoms. The smallest absolute Gasteiger partial charge is 0.242 e. The first-order chi connectivity index (χ1) is 10.6. The zero-order chi connectivity index (χ0) is 15.6. The number of nitrogens with zero attached hydrogens (tertiary/aromatic N) is 3. The van der Waals surface area contributed by atoms with Crippen LogP contribution in [0.25, 0.3) is 0 Å². The van der Waals surface area contributed by atoms with Crippen LogP contribution in [0.3, 0.4) is 0 Å². The molecule has 0 unspecified atom stereocenters. The van der Waals surface area contributed by atoms with Gasteiger partial charge in [-0.3, -0.25) is 4.79 Å². The number of carbonyl (C=O) groups excluding carboxylic acids is 1. The summed E-state index contributed by atoms with van der Waals surface area (Å²) in [6.45, 7) is 3.40. The molecule has 1 aromatic rings. The fourth-order valence-corrected chi connectivity index (χ4v) is 3.81. The zero-order valence-electron chi connectivity index (χ0n) is 13.4. The van der Waals surface area contributed by atoms with Crippen LogP contribution < -0.4 is 5.73 Å². The number of rotatable bonds is 3. The highest BCUT2D eigenvalue weighted by Gasteiger charge is 2.39. The molecule has 1 aromatic heterocycles. The molecule has 0 aromatic carbocycles. The van der Waals surface area contributed by atoms with E-state index >= 15 is 0 Å². The van der Waals surface area contributed by atoms with Crippen molar-refractivity contribution >= 4 is 5.91 Å². The van der Waals surface area contributed by atoms with Crippen molar-refractivity contribution < 1.29 is 9.32 Å². The molecule has 2 heterocycles. The molecule has 0 spiro atoms. The SMILES string of the molecule is Cc1nc(C[C@H]2CCCN(C(=O)C3(N)CCCCC3)C2)no1. The first-order valence-corrected chi connectivity index (χ1v) is 8.44. The summed E-state index contributed by atoms with van der Waals surface area (Å²) in [7, 11) is 0. The predicted octanol–water partition coefficient (Wildman–Crippen LogP) is 1.82. The monoisotopic (exact) mass is 306 g/mol. The van der Waals surface area contributed by atoms with Gasteiger partial charge in [0, 0.05) is 26.4 Å². The van der Waals surface area contributed by atoms with E-state index in [1.165, 1.54) is 6.42 Å². The lowest BCUT2D eigenvalue weighted by atomic mass is 9.80. The average Bonchev–Trinajstić information content (AvgIpc) is 2.92. The first kappa shape index (κ1) is 15.5. The molecule has 122 valence electrons. The van der Waals surface area contributed by atoms with Crippen molar-refractivity contribution in [2.45, 2.75) is 63.8 Å². The van der Waals surface area contributed by atoms with E-state index in [1.54, 1.807) is 6.92 Å². The summed E-state index contributed by atoms with van der Waals surface area (Å²) >= 11 is 0. The van der Waals surface area contributed by atoms with Crippen LogP contribution in [0.15, 0.2) is 4.52 Å². The number of amides is 1. The van der Waals surface area contributed by atoms with E-state index in [2.05, 4.69) is 10.1 Å². The fraction of sp³-hybridized carbons (Fsp3) is 0.812. The van der Waals surface area contributed by atoms with Crippen LogP contribution in [-0.4, -0.2) is 39.6 Å². The zero-order valence-corrected chi connectivity index (χ0v) is 13.4. The number of hydrogen-bond donors (Lipinski definition) is 1. The van der Waals surface area contributed by atoms with Gasteiger partial charge in [-0.15, -0.1) is 0 Å². The molecular formula is C16H26N4O2. The molecule has 1 saturated carbocycles. The Bertz CT molecular complexity index is 522. The molecule has 22 heavy (non-hydrogen) atoms. The van der Waals surface area contributed by atoms with Crippen LogP contribution in [0.1, 0.15) is 56.7 Å². The quantitative estimate of drug-likeness (QED) is 0.920. The van der Waals surface area contributed by atoms with Crippen molar-refractivity contribution in [1.82, 2.24) is 15.0 Å². The number of nitrogens with two attached hydrogens (primary N) is 1. The van der Waals surface area contributed by atoms with E-state index in [4.69, 9.17) is 10.3 Å². The summed E-state index contributed by atoms with van der Waals surface area (Å²) in [6.07, 6.45) is 7.92. The number of carbonyl (C=O) groups is 1. The Balaban J connectivity index is 1.61. The van der Waals surface area contributed by atoms with Crippen molar-refractivity contribution in [2.75, 3.05) is 13.1 Å². The number of aryl methyl sites for hydroxylation is 1. The lowest BCUT2D eigenvalue weighted by Gasteiger charge is -2.40. The Labute approximate surface area is 131 Å². The molecule has 1 atom stereocenters. The lowest BCUT2D eigenvalue weighted by Crippen LogP contribution is -2.58. The summed E-state index contributed by atoms with van der Waals surface area (Å²) in [5.41, 5.74) is 5.78. The predicted molar refractivity (Wildman–Crippen MR) is 82.0 cm³/mol. The van der Waals surface area contributed by atoms with Crippen molar-refractivity contribution in [1.29, 1.82) is 0 Å². The average molecular weight is 306 g/mol. The minimum Gasteiger partial charge on any atom is -0.341 e. The van der Waals surface area contributed by atoms with Gasteiger partial charge in [-0.1, -0.05) is 24.4 Å². The molecule has 1 aliphatic carbocycles. The van der Waals surface area contributed by atoms with Crippen LogP contribution in [0.2, 0.25) is 0 Å². The van der Waals surface area contributed by atoms with E-state index in [0.717, 1.165) is 63.9 Å². The second-order valence-corrected chi connectivity index (χ2v) is 6.91. The van der Waals surface area contributed by atoms with Crippen LogP contribution in [-0.2, 0) is 11.2 Å². The normalized spacial score (nSPS) is 25.2. The molecule has 1 aliphatic heterocycles. The van der Waals surface area contributed by atoms with Crippen molar-refractivity contribution in [3.63, 3.8) is 0 Å². The van der Waals surface area contributed by atoms with Crippen molar-refractivity contribution in [3.05, 3.63) is 11.7 Å². The molecular weight excluding hydrogens is 280 g/mol. The highest BCUT2D eigenvalue weighted by molar-refractivity contribution is 5.86. The standard InChI is InChI=1S/C16H26N4O2/c1-12-18-14(19-22-12)10-13-6-5-9-20(11-13)15(21)16(17)7-3-2-4-8-16/h13H,2-11,17H2,1H3/t13-/m1/s1.